The zero-order valence-electron chi connectivity index (χ0n) is 14.5. The van der Waals surface area contributed by atoms with Crippen molar-refractivity contribution in [3.63, 3.8) is 0 Å². The molecule has 2 heterocycles. The molecule has 3 amide bonds. The molecule has 1 aromatic heterocycles. The van der Waals surface area contributed by atoms with E-state index in [9.17, 15) is 18.4 Å². The zero-order chi connectivity index (χ0) is 18.4. The van der Waals surface area contributed by atoms with Crippen LogP contribution in [0.25, 0.3) is 10.9 Å². The molecule has 1 aliphatic carbocycles. The number of rotatable bonds is 2. The van der Waals surface area contributed by atoms with Crippen LogP contribution >= 0.6 is 0 Å². The molecule has 2 aliphatic rings. The van der Waals surface area contributed by atoms with Gasteiger partial charge in [0.2, 0.25) is 5.91 Å². The third-order valence-electron chi connectivity index (χ3n) is 5.31. The molecule has 0 radical (unpaired) electrons. The third kappa shape index (κ3) is 2.83. The second-order valence-corrected chi connectivity index (χ2v) is 7.05. The zero-order valence-corrected chi connectivity index (χ0v) is 14.5. The van der Waals surface area contributed by atoms with Crippen molar-refractivity contribution in [2.75, 3.05) is 11.4 Å². The Balaban J connectivity index is 1.75. The van der Waals surface area contributed by atoms with E-state index in [1.54, 1.807) is 17.8 Å². The average Bonchev–Trinajstić information content (AvgIpc) is 2.90. The van der Waals surface area contributed by atoms with E-state index in [4.69, 9.17) is 0 Å². The summed E-state index contributed by atoms with van der Waals surface area (Å²) in [5.74, 6) is -0.556. The Kier molecular flexibility index (Phi) is 4.13. The van der Waals surface area contributed by atoms with Crippen LogP contribution in [0, 0.1) is 5.82 Å². The van der Waals surface area contributed by atoms with Crippen molar-refractivity contribution in [2.24, 2.45) is 7.05 Å². The Labute approximate surface area is 149 Å². The van der Waals surface area contributed by atoms with Gasteiger partial charge in [0.15, 0.2) is 5.82 Å². The first kappa shape index (κ1) is 16.9. The number of benzene rings is 1. The number of urea groups is 1. The van der Waals surface area contributed by atoms with Crippen molar-refractivity contribution in [1.82, 2.24) is 15.1 Å². The van der Waals surface area contributed by atoms with Crippen molar-refractivity contribution >= 4 is 28.7 Å². The van der Waals surface area contributed by atoms with Crippen LogP contribution in [0.1, 0.15) is 43.6 Å². The number of alkyl halides is 1. The van der Waals surface area contributed by atoms with Crippen LogP contribution < -0.4 is 10.2 Å². The highest BCUT2D eigenvalue weighted by atomic mass is 19.1. The number of hydrogen-bond donors (Lipinski definition) is 1. The van der Waals surface area contributed by atoms with Crippen molar-refractivity contribution in [2.45, 2.75) is 44.2 Å². The summed E-state index contributed by atoms with van der Waals surface area (Å²) in [5.41, 5.74) is 1.19. The molecule has 1 aromatic carbocycles. The van der Waals surface area contributed by atoms with E-state index in [-0.39, 0.29) is 24.8 Å². The fourth-order valence-corrected chi connectivity index (χ4v) is 3.97. The molecule has 0 bridgehead atoms. The molecule has 8 heteroatoms. The van der Waals surface area contributed by atoms with E-state index >= 15 is 0 Å². The lowest BCUT2D eigenvalue weighted by Gasteiger charge is -2.26. The molecule has 26 heavy (non-hydrogen) atoms. The van der Waals surface area contributed by atoms with Gasteiger partial charge in [-0.1, -0.05) is 0 Å². The van der Waals surface area contributed by atoms with Gasteiger partial charge >= 0.3 is 6.03 Å². The molecule has 2 fully saturated rings. The number of fused-ring (bicyclic) bond motifs is 1. The van der Waals surface area contributed by atoms with E-state index in [1.807, 2.05) is 0 Å². The van der Waals surface area contributed by atoms with Gasteiger partial charge in [0, 0.05) is 25.4 Å². The van der Waals surface area contributed by atoms with Gasteiger partial charge in [-0.05, 0) is 49.3 Å². The molecule has 6 nitrogen and oxygen atoms in total. The second kappa shape index (κ2) is 6.34. The van der Waals surface area contributed by atoms with Gasteiger partial charge in [-0.2, -0.15) is 5.10 Å². The maximum Gasteiger partial charge on any atom is 0.329 e. The van der Waals surface area contributed by atoms with Crippen LogP contribution in [0.2, 0.25) is 0 Å². The highest BCUT2D eigenvalue weighted by Crippen LogP contribution is 2.38. The normalized spacial score (nSPS) is 24.2. The van der Waals surface area contributed by atoms with Crippen LogP contribution in [0.15, 0.2) is 12.1 Å². The first-order valence-corrected chi connectivity index (χ1v) is 8.85. The fraction of sp³-hybridized carbons (Fsp3) is 0.500. The summed E-state index contributed by atoms with van der Waals surface area (Å²) in [6.45, 7) is 0.201. The predicted molar refractivity (Wildman–Crippen MR) is 92.3 cm³/mol. The molecule has 2 aromatic rings. The number of aromatic nitrogens is 2. The maximum atomic E-state index is 14.8. The van der Waals surface area contributed by atoms with Crippen LogP contribution in [-0.2, 0) is 11.8 Å². The van der Waals surface area contributed by atoms with Crippen molar-refractivity contribution < 1.29 is 18.4 Å². The SMILES string of the molecule is Cn1nc(N2CCC(=O)NC2=O)c2cc(F)c([C@H]3CCCC(F)C3)cc21. The molecular weight excluding hydrogens is 342 g/mol. The minimum absolute atomic E-state index is 0.141. The van der Waals surface area contributed by atoms with E-state index in [0.717, 1.165) is 12.8 Å². The molecule has 138 valence electrons. The van der Waals surface area contributed by atoms with Gasteiger partial charge in [0.25, 0.3) is 0 Å². The molecular formula is C18H20F2N4O2. The van der Waals surface area contributed by atoms with Crippen molar-refractivity contribution in [1.29, 1.82) is 0 Å². The van der Waals surface area contributed by atoms with Gasteiger partial charge in [-0.3, -0.25) is 19.7 Å². The number of amides is 3. The highest BCUT2D eigenvalue weighted by molar-refractivity contribution is 6.08. The number of carbonyl (C=O) groups is 2. The summed E-state index contributed by atoms with van der Waals surface area (Å²) in [4.78, 5) is 24.8. The van der Waals surface area contributed by atoms with E-state index < -0.39 is 18.0 Å². The Bertz CT molecular complexity index is 895. The van der Waals surface area contributed by atoms with E-state index in [1.165, 1.54) is 11.0 Å². The van der Waals surface area contributed by atoms with E-state index in [0.29, 0.717) is 35.1 Å². The third-order valence-corrected chi connectivity index (χ3v) is 5.31. The first-order valence-electron chi connectivity index (χ1n) is 8.85. The maximum absolute atomic E-state index is 14.8. The van der Waals surface area contributed by atoms with Crippen LogP contribution in [-0.4, -0.2) is 34.4 Å². The molecule has 1 aliphatic heterocycles. The summed E-state index contributed by atoms with van der Waals surface area (Å²) in [6.07, 6.45) is 1.68. The van der Waals surface area contributed by atoms with Crippen molar-refractivity contribution in [3.05, 3.63) is 23.5 Å². The number of nitrogens with one attached hydrogen (secondary N) is 1. The molecule has 1 saturated heterocycles. The number of halogens is 2. The smallest absolute Gasteiger partial charge is 0.278 e. The van der Waals surface area contributed by atoms with Gasteiger partial charge in [-0.15, -0.1) is 0 Å². The number of anilines is 1. The molecule has 2 atom stereocenters. The number of carbonyl (C=O) groups excluding carboxylic acids is 2. The minimum Gasteiger partial charge on any atom is -0.278 e. The summed E-state index contributed by atoms with van der Waals surface area (Å²) in [7, 11) is 1.72. The quantitative estimate of drug-likeness (QED) is 0.892. The number of hydrogen-bond acceptors (Lipinski definition) is 3. The molecule has 1 unspecified atom stereocenters. The van der Waals surface area contributed by atoms with Gasteiger partial charge < -0.3 is 0 Å². The lowest BCUT2D eigenvalue weighted by atomic mass is 9.82. The number of imide groups is 1. The van der Waals surface area contributed by atoms with Gasteiger partial charge in [0.05, 0.1) is 5.52 Å². The Morgan fingerprint density at radius 3 is 2.81 bits per heavy atom. The second-order valence-electron chi connectivity index (χ2n) is 7.05. The Morgan fingerprint density at radius 2 is 2.08 bits per heavy atom. The largest absolute Gasteiger partial charge is 0.329 e. The van der Waals surface area contributed by atoms with Gasteiger partial charge in [0.1, 0.15) is 12.0 Å². The fourth-order valence-electron chi connectivity index (χ4n) is 3.97. The average molecular weight is 362 g/mol. The minimum atomic E-state index is -0.888. The number of aryl methyl sites for hydroxylation is 1. The first-order chi connectivity index (χ1) is 12.4. The number of nitrogens with zero attached hydrogens (tertiary/aromatic N) is 3. The van der Waals surface area contributed by atoms with Gasteiger partial charge in [-0.25, -0.2) is 13.6 Å². The molecule has 4 rings (SSSR count). The topological polar surface area (TPSA) is 67.2 Å². The summed E-state index contributed by atoms with van der Waals surface area (Å²) in [5, 5.41) is 7.11. The highest BCUT2D eigenvalue weighted by Gasteiger charge is 2.30. The van der Waals surface area contributed by atoms with Crippen LogP contribution in [0.3, 0.4) is 0 Å². The van der Waals surface area contributed by atoms with Crippen LogP contribution in [0.4, 0.5) is 19.4 Å². The summed E-state index contributed by atoms with van der Waals surface area (Å²) < 4.78 is 30.2. The summed E-state index contributed by atoms with van der Waals surface area (Å²) in [6, 6.07) is 2.54. The molecule has 1 saturated carbocycles. The van der Waals surface area contributed by atoms with E-state index in [2.05, 4.69) is 10.4 Å². The molecule has 0 spiro atoms. The lowest BCUT2D eigenvalue weighted by Crippen LogP contribution is -2.49. The summed E-state index contributed by atoms with van der Waals surface area (Å²) >= 11 is 0. The monoisotopic (exact) mass is 362 g/mol. The predicted octanol–water partition coefficient (Wildman–Crippen LogP) is 3.15. The standard InChI is InChI=1S/C18H20F2N4O2/c1-23-15-9-12(10-3-2-4-11(19)7-10)14(20)8-13(15)17(22-23)24-6-5-16(25)21-18(24)26/h8-11H,2-7H2,1H3,(H,21,25,26)/t10-,11?/m0/s1. The molecule has 1 N–H and O–H groups in total. The Morgan fingerprint density at radius 1 is 1.27 bits per heavy atom. The Hall–Kier alpha value is -2.51. The van der Waals surface area contributed by atoms with Crippen molar-refractivity contribution in [3.8, 4) is 0 Å². The van der Waals surface area contributed by atoms with Crippen LogP contribution in [0.5, 0.6) is 0 Å². The lowest BCUT2D eigenvalue weighted by molar-refractivity contribution is -0.120.